The van der Waals surface area contributed by atoms with Crippen LogP contribution < -0.4 is 24.3 Å². The van der Waals surface area contributed by atoms with Crippen molar-refractivity contribution in [2.45, 2.75) is 0 Å². The molecule has 0 aliphatic rings. The summed E-state index contributed by atoms with van der Waals surface area (Å²) in [7, 11) is 4.28. The largest absolute Gasteiger partial charge is 0.497 e. The Balaban J connectivity index is 2.09. The number of aromatic carboxylic acids is 1. The van der Waals surface area contributed by atoms with E-state index in [2.05, 4.69) is 5.32 Å². The number of methoxy groups -OCH3 is 3. The molecule has 0 bridgehead atoms. The minimum Gasteiger partial charge on any atom is -0.497 e. The number of ether oxygens (including phenoxy) is 4. The number of hydrogen-bond donors (Lipinski definition) is 2. The standard InChI is InChI=1S/C18H19NO7/c1-23-13-6-4-12(5-7-13)19-16(20)10-26-17-14(24-2)8-11(18(21)22)9-15(17)25-3/h4-9H,10H2,1-3H3,(H,19,20)(H,21,22). The van der Waals surface area contributed by atoms with Gasteiger partial charge in [-0.15, -0.1) is 0 Å². The van der Waals surface area contributed by atoms with Gasteiger partial charge in [0.25, 0.3) is 5.91 Å². The van der Waals surface area contributed by atoms with Crippen LogP contribution in [0, 0.1) is 0 Å². The average molecular weight is 361 g/mol. The van der Waals surface area contributed by atoms with Gasteiger partial charge in [0, 0.05) is 5.69 Å². The van der Waals surface area contributed by atoms with Crippen molar-refractivity contribution >= 4 is 17.6 Å². The summed E-state index contributed by atoms with van der Waals surface area (Å²) in [6, 6.07) is 9.41. The number of amides is 1. The zero-order valence-electron chi connectivity index (χ0n) is 14.6. The minimum absolute atomic E-state index is 0.0197. The number of anilines is 1. The molecule has 8 nitrogen and oxygen atoms in total. The van der Waals surface area contributed by atoms with Gasteiger partial charge in [-0.25, -0.2) is 4.79 Å². The van der Waals surface area contributed by atoms with E-state index in [4.69, 9.17) is 24.1 Å². The third kappa shape index (κ3) is 4.56. The number of hydrogen-bond acceptors (Lipinski definition) is 6. The summed E-state index contributed by atoms with van der Waals surface area (Å²) >= 11 is 0. The van der Waals surface area contributed by atoms with Gasteiger partial charge in [0.15, 0.2) is 18.1 Å². The maximum atomic E-state index is 12.1. The van der Waals surface area contributed by atoms with E-state index in [1.807, 2.05) is 0 Å². The fourth-order valence-corrected chi connectivity index (χ4v) is 2.15. The molecule has 0 saturated carbocycles. The molecule has 0 heterocycles. The second kappa shape index (κ2) is 8.61. The van der Waals surface area contributed by atoms with Gasteiger partial charge in [-0.2, -0.15) is 0 Å². The van der Waals surface area contributed by atoms with Gasteiger partial charge in [0.2, 0.25) is 5.75 Å². The Morgan fingerprint density at radius 1 is 0.962 bits per heavy atom. The molecule has 0 aromatic heterocycles. The second-order valence-corrected chi connectivity index (χ2v) is 5.08. The Morgan fingerprint density at radius 3 is 2.00 bits per heavy atom. The van der Waals surface area contributed by atoms with Crippen molar-refractivity contribution in [2.75, 3.05) is 33.3 Å². The summed E-state index contributed by atoms with van der Waals surface area (Å²) in [4.78, 5) is 23.2. The fourth-order valence-electron chi connectivity index (χ4n) is 2.15. The van der Waals surface area contributed by atoms with Gasteiger partial charge >= 0.3 is 5.97 Å². The molecule has 2 aromatic rings. The topological polar surface area (TPSA) is 103 Å². The minimum atomic E-state index is -1.13. The Bertz CT molecular complexity index is 762. The molecule has 8 heteroatoms. The van der Waals surface area contributed by atoms with Crippen LogP contribution in [-0.4, -0.2) is 44.9 Å². The van der Waals surface area contributed by atoms with E-state index in [0.29, 0.717) is 11.4 Å². The van der Waals surface area contributed by atoms with Crippen LogP contribution in [0.1, 0.15) is 10.4 Å². The molecule has 0 atom stereocenters. The number of nitrogens with one attached hydrogen (secondary N) is 1. The number of carboxylic acid groups (broad SMARTS) is 1. The number of carbonyl (C=O) groups excluding carboxylic acids is 1. The highest BCUT2D eigenvalue weighted by Crippen LogP contribution is 2.38. The maximum absolute atomic E-state index is 12.1. The predicted octanol–water partition coefficient (Wildman–Crippen LogP) is 2.43. The van der Waals surface area contributed by atoms with Crippen molar-refractivity contribution in [3.8, 4) is 23.0 Å². The molecular weight excluding hydrogens is 342 g/mol. The zero-order valence-corrected chi connectivity index (χ0v) is 14.6. The Kier molecular flexibility index (Phi) is 6.26. The van der Waals surface area contributed by atoms with Crippen molar-refractivity contribution in [2.24, 2.45) is 0 Å². The molecular formula is C18H19NO7. The van der Waals surface area contributed by atoms with Crippen LogP contribution in [0.5, 0.6) is 23.0 Å². The number of rotatable bonds is 8. The quantitative estimate of drug-likeness (QED) is 0.744. The third-order valence-corrected chi connectivity index (χ3v) is 3.43. The highest BCUT2D eigenvalue weighted by atomic mass is 16.5. The van der Waals surface area contributed by atoms with Gasteiger partial charge < -0.3 is 29.4 Å². The maximum Gasteiger partial charge on any atom is 0.335 e. The molecule has 138 valence electrons. The second-order valence-electron chi connectivity index (χ2n) is 5.08. The predicted molar refractivity (Wildman–Crippen MR) is 93.6 cm³/mol. The summed E-state index contributed by atoms with van der Waals surface area (Å²) in [5.41, 5.74) is 0.563. The van der Waals surface area contributed by atoms with Gasteiger partial charge in [-0.1, -0.05) is 0 Å². The molecule has 0 spiro atoms. The highest BCUT2D eigenvalue weighted by Gasteiger charge is 2.18. The van der Waals surface area contributed by atoms with E-state index in [1.54, 1.807) is 31.4 Å². The van der Waals surface area contributed by atoms with E-state index in [0.717, 1.165) is 0 Å². The number of benzene rings is 2. The zero-order chi connectivity index (χ0) is 19.1. The van der Waals surface area contributed by atoms with Crippen molar-refractivity contribution in [1.29, 1.82) is 0 Å². The lowest BCUT2D eigenvalue weighted by molar-refractivity contribution is -0.118. The van der Waals surface area contributed by atoms with Crippen molar-refractivity contribution in [3.63, 3.8) is 0 Å². The Morgan fingerprint density at radius 2 is 1.54 bits per heavy atom. The molecule has 0 fully saturated rings. The van der Waals surface area contributed by atoms with E-state index >= 15 is 0 Å². The van der Waals surface area contributed by atoms with Crippen LogP contribution in [0.2, 0.25) is 0 Å². The molecule has 0 unspecified atom stereocenters. The van der Waals surface area contributed by atoms with Gasteiger partial charge in [0.1, 0.15) is 5.75 Å². The van der Waals surface area contributed by atoms with Crippen LogP contribution in [0.25, 0.3) is 0 Å². The van der Waals surface area contributed by atoms with Crippen molar-refractivity contribution < 1.29 is 33.6 Å². The van der Waals surface area contributed by atoms with Crippen LogP contribution in [0.15, 0.2) is 36.4 Å². The first-order valence-corrected chi connectivity index (χ1v) is 7.54. The lowest BCUT2D eigenvalue weighted by Gasteiger charge is -2.15. The average Bonchev–Trinajstić information content (AvgIpc) is 2.66. The van der Waals surface area contributed by atoms with Gasteiger partial charge in [0.05, 0.1) is 26.9 Å². The van der Waals surface area contributed by atoms with Crippen LogP contribution in [0.4, 0.5) is 5.69 Å². The van der Waals surface area contributed by atoms with E-state index in [1.165, 1.54) is 26.4 Å². The fraction of sp³-hybridized carbons (Fsp3) is 0.222. The number of carboxylic acids is 1. The first-order valence-electron chi connectivity index (χ1n) is 7.54. The monoisotopic (exact) mass is 361 g/mol. The molecule has 0 aliphatic heterocycles. The highest BCUT2D eigenvalue weighted by molar-refractivity contribution is 5.92. The molecule has 1 amide bonds. The van der Waals surface area contributed by atoms with Crippen LogP contribution in [-0.2, 0) is 4.79 Å². The van der Waals surface area contributed by atoms with Crippen molar-refractivity contribution in [1.82, 2.24) is 0 Å². The number of carbonyl (C=O) groups is 2. The Labute approximate surface area is 150 Å². The molecule has 0 saturated heterocycles. The van der Waals surface area contributed by atoms with Crippen LogP contribution in [0.3, 0.4) is 0 Å². The summed E-state index contributed by atoms with van der Waals surface area (Å²) in [5.74, 6) is -0.415. The third-order valence-electron chi connectivity index (χ3n) is 3.43. The van der Waals surface area contributed by atoms with E-state index in [9.17, 15) is 9.59 Å². The summed E-state index contributed by atoms with van der Waals surface area (Å²) in [6.07, 6.45) is 0. The lowest BCUT2D eigenvalue weighted by atomic mass is 10.2. The van der Waals surface area contributed by atoms with E-state index < -0.39 is 11.9 Å². The SMILES string of the molecule is COc1ccc(NC(=O)COc2c(OC)cc(C(=O)O)cc2OC)cc1. The molecule has 26 heavy (non-hydrogen) atoms. The van der Waals surface area contributed by atoms with Gasteiger partial charge in [-0.05, 0) is 36.4 Å². The normalized spacial score (nSPS) is 9.96. The molecule has 2 N–H and O–H groups in total. The van der Waals surface area contributed by atoms with Crippen LogP contribution >= 0.6 is 0 Å². The molecule has 2 aromatic carbocycles. The van der Waals surface area contributed by atoms with Crippen molar-refractivity contribution in [3.05, 3.63) is 42.0 Å². The summed E-state index contributed by atoms with van der Waals surface area (Å²) in [5, 5.41) is 11.8. The first-order chi connectivity index (χ1) is 12.5. The lowest BCUT2D eigenvalue weighted by Crippen LogP contribution is -2.20. The van der Waals surface area contributed by atoms with E-state index in [-0.39, 0.29) is 29.4 Å². The first kappa shape index (κ1) is 18.9. The smallest absolute Gasteiger partial charge is 0.335 e. The summed E-state index contributed by atoms with van der Waals surface area (Å²) < 4.78 is 20.8. The van der Waals surface area contributed by atoms with Gasteiger partial charge in [-0.3, -0.25) is 4.79 Å². The molecule has 0 radical (unpaired) electrons. The Hall–Kier alpha value is -3.42. The molecule has 0 aliphatic carbocycles. The summed E-state index contributed by atoms with van der Waals surface area (Å²) in [6.45, 7) is -0.314. The molecule has 2 rings (SSSR count).